The molecule has 0 unspecified atom stereocenters. The van der Waals surface area contributed by atoms with Crippen molar-refractivity contribution in [3.05, 3.63) is 52.3 Å². The van der Waals surface area contributed by atoms with Crippen LogP contribution in [0.3, 0.4) is 0 Å². The van der Waals surface area contributed by atoms with Crippen molar-refractivity contribution < 1.29 is 12.8 Å². The van der Waals surface area contributed by atoms with E-state index in [1.165, 1.54) is 4.57 Å². The first-order chi connectivity index (χ1) is 8.92. The third kappa shape index (κ3) is 2.78. The fraction of sp³-hybridized carbons (Fsp3) is 0.308. The molecule has 5 nitrogen and oxygen atoms in total. The largest absolute Gasteiger partial charge is 0.419 e. The predicted octanol–water partition coefficient (Wildman–Crippen LogP) is 1.53. The van der Waals surface area contributed by atoms with Gasteiger partial charge in [-0.1, -0.05) is 18.2 Å². The number of benzene rings is 1. The molecule has 0 atom stereocenters. The van der Waals surface area contributed by atoms with Gasteiger partial charge in [0.2, 0.25) is 0 Å². The van der Waals surface area contributed by atoms with Gasteiger partial charge in [-0.15, -0.1) is 0 Å². The summed E-state index contributed by atoms with van der Waals surface area (Å²) >= 11 is 0. The van der Waals surface area contributed by atoms with E-state index in [1.807, 2.05) is 0 Å². The molecule has 2 aromatic rings. The highest BCUT2D eigenvalue weighted by molar-refractivity contribution is 7.91. The highest BCUT2D eigenvalue weighted by atomic mass is 32.2. The minimum atomic E-state index is -3.38. The van der Waals surface area contributed by atoms with E-state index in [0.29, 0.717) is 11.5 Å². The van der Waals surface area contributed by atoms with Gasteiger partial charge >= 0.3 is 5.76 Å². The molecule has 0 aliphatic rings. The number of nitrogens with zero attached hydrogens (tertiary/aromatic N) is 1. The zero-order valence-corrected chi connectivity index (χ0v) is 11.6. The van der Waals surface area contributed by atoms with Crippen molar-refractivity contribution >= 4 is 9.84 Å². The zero-order valence-electron chi connectivity index (χ0n) is 10.8. The molecule has 102 valence electrons. The summed E-state index contributed by atoms with van der Waals surface area (Å²) in [5.74, 6) is -0.128. The third-order valence-electron chi connectivity index (χ3n) is 3.06. The van der Waals surface area contributed by atoms with E-state index in [2.05, 4.69) is 0 Å². The molecular weight excluding hydrogens is 266 g/mol. The maximum atomic E-state index is 12.1. The Labute approximate surface area is 111 Å². The van der Waals surface area contributed by atoms with Gasteiger partial charge in [0.1, 0.15) is 5.76 Å². The summed E-state index contributed by atoms with van der Waals surface area (Å²) in [5.41, 5.74) is 0.660. The molecule has 1 aromatic carbocycles. The van der Waals surface area contributed by atoms with Crippen LogP contribution in [-0.2, 0) is 16.4 Å². The monoisotopic (exact) mass is 281 g/mol. The molecule has 19 heavy (non-hydrogen) atoms. The molecule has 0 amide bonds. The van der Waals surface area contributed by atoms with Crippen LogP contribution in [0.5, 0.6) is 0 Å². The van der Waals surface area contributed by atoms with E-state index < -0.39 is 15.6 Å². The van der Waals surface area contributed by atoms with Gasteiger partial charge < -0.3 is 4.42 Å². The lowest BCUT2D eigenvalue weighted by molar-refractivity contribution is 0.463. The molecule has 1 aromatic heterocycles. The minimum Gasteiger partial charge on any atom is -0.413 e. The number of hydrogen-bond acceptors (Lipinski definition) is 4. The Morgan fingerprint density at radius 2 is 1.79 bits per heavy atom. The third-order valence-corrected chi connectivity index (χ3v) is 4.77. The number of hydrogen-bond donors (Lipinski definition) is 0. The molecule has 0 saturated carbocycles. The van der Waals surface area contributed by atoms with Crippen LogP contribution in [0.4, 0.5) is 0 Å². The maximum absolute atomic E-state index is 12.1. The first-order valence-corrected chi connectivity index (χ1v) is 7.51. The molecular formula is C13H15NO4S. The van der Waals surface area contributed by atoms with Gasteiger partial charge in [0.15, 0.2) is 9.84 Å². The van der Waals surface area contributed by atoms with Crippen molar-refractivity contribution in [3.63, 3.8) is 0 Å². The predicted molar refractivity (Wildman–Crippen MR) is 70.9 cm³/mol. The second-order valence-corrected chi connectivity index (χ2v) is 6.40. The van der Waals surface area contributed by atoms with Crippen LogP contribution in [0.25, 0.3) is 0 Å². The lowest BCUT2D eigenvalue weighted by Gasteiger charge is -2.05. The van der Waals surface area contributed by atoms with Crippen LogP contribution in [0.2, 0.25) is 0 Å². The quantitative estimate of drug-likeness (QED) is 0.852. The van der Waals surface area contributed by atoms with E-state index in [1.54, 1.807) is 44.2 Å². The van der Waals surface area contributed by atoms with Crippen molar-refractivity contribution in [3.8, 4) is 0 Å². The molecule has 6 heteroatoms. The normalized spacial score (nSPS) is 11.7. The Morgan fingerprint density at radius 1 is 1.16 bits per heavy atom. The van der Waals surface area contributed by atoms with Gasteiger partial charge in [0.25, 0.3) is 0 Å². The van der Waals surface area contributed by atoms with Gasteiger partial charge in [0.05, 0.1) is 16.3 Å². The Morgan fingerprint density at radius 3 is 2.32 bits per heavy atom. The summed E-state index contributed by atoms with van der Waals surface area (Å²) in [6.45, 7) is 3.51. The number of aromatic nitrogens is 1. The van der Waals surface area contributed by atoms with E-state index in [-0.39, 0.29) is 17.2 Å². The molecule has 0 saturated heterocycles. The van der Waals surface area contributed by atoms with E-state index in [4.69, 9.17) is 4.42 Å². The Balaban J connectivity index is 2.22. The highest BCUT2D eigenvalue weighted by Gasteiger charge is 2.16. The second kappa shape index (κ2) is 5.05. The summed E-state index contributed by atoms with van der Waals surface area (Å²) in [7, 11) is -3.38. The summed E-state index contributed by atoms with van der Waals surface area (Å²) in [4.78, 5) is 11.8. The van der Waals surface area contributed by atoms with Crippen molar-refractivity contribution in [2.75, 3.05) is 5.75 Å². The van der Waals surface area contributed by atoms with E-state index in [0.717, 1.165) is 0 Å². The van der Waals surface area contributed by atoms with Crippen LogP contribution in [0.1, 0.15) is 11.5 Å². The lowest BCUT2D eigenvalue weighted by atomic mass is 10.4. The van der Waals surface area contributed by atoms with Crippen molar-refractivity contribution in [2.24, 2.45) is 0 Å². The van der Waals surface area contributed by atoms with Crippen LogP contribution < -0.4 is 5.76 Å². The number of aryl methyl sites for hydroxylation is 1. The standard InChI is InChI=1S/C13H15NO4S/c1-10-11(2)18-13(15)14(10)8-9-19(16,17)12-6-4-3-5-7-12/h3-7H,8-9H2,1-2H3. The van der Waals surface area contributed by atoms with Gasteiger partial charge in [-0.2, -0.15) is 0 Å². The summed E-state index contributed by atoms with van der Waals surface area (Å²) in [5, 5.41) is 0. The topological polar surface area (TPSA) is 69.3 Å². The van der Waals surface area contributed by atoms with E-state index in [9.17, 15) is 13.2 Å². The number of rotatable bonds is 4. The smallest absolute Gasteiger partial charge is 0.413 e. The molecule has 0 aliphatic heterocycles. The lowest BCUT2D eigenvalue weighted by Crippen LogP contribution is -2.21. The summed E-state index contributed by atoms with van der Waals surface area (Å²) in [6.07, 6.45) is 0. The summed E-state index contributed by atoms with van der Waals surface area (Å²) < 4.78 is 30.4. The molecule has 0 spiro atoms. The average molecular weight is 281 g/mol. The maximum Gasteiger partial charge on any atom is 0.419 e. The summed E-state index contributed by atoms with van der Waals surface area (Å²) in [6, 6.07) is 8.20. The Kier molecular flexibility index (Phi) is 3.61. The second-order valence-electron chi connectivity index (χ2n) is 4.29. The molecule has 0 bridgehead atoms. The number of oxazole rings is 1. The molecule has 1 heterocycles. The Hall–Kier alpha value is -1.82. The first kappa shape index (κ1) is 13.6. The van der Waals surface area contributed by atoms with Crippen LogP contribution in [-0.4, -0.2) is 18.7 Å². The van der Waals surface area contributed by atoms with Crippen molar-refractivity contribution in [1.82, 2.24) is 4.57 Å². The highest BCUT2D eigenvalue weighted by Crippen LogP contribution is 2.11. The van der Waals surface area contributed by atoms with E-state index >= 15 is 0 Å². The van der Waals surface area contributed by atoms with Crippen LogP contribution >= 0.6 is 0 Å². The minimum absolute atomic E-state index is 0.0965. The molecule has 0 aliphatic carbocycles. The van der Waals surface area contributed by atoms with Gasteiger partial charge in [0, 0.05) is 6.54 Å². The SMILES string of the molecule is Cc1oc(=O)n(CCS(=O)(=O)c2ccccc2)c1C. The zero-order chi connectivity index (χ0) is 14.0. The van der Waals surface area contributed by atoms with Gasteiger partial charge in [-0.3, -0.25) is 4.57 Å². The van der Waals surface area contributed by atoms with Gasteiger partial charge in [-0.25, -0.2) is 13.2 Å². The molecule has 0 radical (unpaired) electrons. The fourth-order valence-electron chi connectivity index (χ4n) is 1.80. The fourth-order valence-corrected chi connectivity index (χ4v) is 3.03. The molecule has 0 fully saturated rings. The first-order valence-electron chi connectivity index (χ1n) is 5.86. The molecule has 0 N–H and O–H groups in total. The van der Waals surface area contributed by atoms with Gasteiger partial charge in [-0.05, 0) is 26.0 Å². The average Bonchev–Trinajstić information content (AvgIpc) is 2.62. The van der Waals surface area contributed by atoms with Crippen molar-refractivity contribution in [2.45, 2.75) is 25.3 Å². The van der Waals surface area contributed by atoms with Crippen LogP contribution in [0, 0.1) is 13.8 Å². The Bertz CT molecular complexity index is 726. The molecule has 2 rings (SSSR count). The van der Waals surface area contributed by atoms with Crippen molar-refractivity contribution in [1.29, 1.82) is 0 Å². The van der Waals surface area contributed by atoms with Crippen LogP contribution in [0.15, 0.2) is 44.4 Å². The number of sulfone groups is 1.